The highest BCUT2D eigenvalue weighted by Crippen LogP contribution is 2.31. The fourth-order valence-corrected chi connectivity index (χ4v) is 1.80. The smallest absolute Gasteiger partial charge is 0.412 e. The van der Waals surface area contributed by atoms with Gasteiger partial charge in [-0.3, -0.25) is 5.32 Å². The highest BCUT2D eigenvalue weighted by molar-refractivity contribution is 5.85. The van der Waals surface area contributed by atoms with Crippen molar-refractivity contribution in [1.29, 1.82) is 0 Å². The largest absolute Gasteiger partial charge is 0.488 e. The molecule has 2 rings (SSSR count). The zero-order valence-electron chi connectivity index (χ0n) is 12.2. The summed E-state index contributed by atoms with van der Waals surface area (Å²) in [7, 11) is 0. The summed E-state index contributed by atoms with van der Waals surface area (Å²) in [5, 5.41) is 2.68. The van der Waals surface area contributed by atoms with Gasteiger partial charge in [0.15, 0.2) is 0 Å². The van der Waals surface area contributed by atoms with Crippen molar-refractivity contribution in [3.05, 3.63) is 18.2 Å². The Morgan fingerprint density at radius 3 is 2.60 bits per heavy atom. The lowest BCUT2D eigenvalue weighted by Gasteiger charge is -2.27. The van der Waals surface area contributed by atoms with Gasteiger partial charge in [-0.15, -0.1) is 0 Å². The maximum absolute atomic E-state index is 11.7. The molecule has 0 spiro atoms. The molecular formula is C15H22N2O3. The van der Waals surface area contributed by atoms with Crippen LogP contribution in [0.2, 0.25) is 0 Å². The van der Waals surface area contributed by atoms with E-state index < -0.39 is 11.7 Å². The SMILES string of the molecule is CC(C)(C)OC(=O)Nc1ccc(N)c(OC2CCC2)c1. The highest BCUT2D eigenvalue weighted by atomic mass is 16.6. The number of nitrogens with one attached hydrogen (secondary N) is 1. The minimum absolute atomic E-state index is 0.245. The molecule has 5 heteroatoms. The Labute approximate surface area is 119 Å². The van der Waals surface area contributed by atoms with E-state index in [1.807, 2.05) is 20.8 Å². The number of hydrogen-bond acceptors (Lipinski definition) is 4. The van der Waals surface area contributed by atoms with Crippen molar-refractivity contribution < 1.29 is 14.3 Å². The lowest BCUT2D eigenvalue weighted by molar-refractivity contribution is 0.0636. The molecule has 110 valence electrons. The van der Waals surface area contributed by atoms with Gasteiger partial charge in [0.25, 0.3) is 0 Å². The first-order valence-electron chi connectivity index (χ1n) is 6.90. The number of carbonyl (C=O) groups excluding carboxylic acids is 1. The van der Waals surface area contributed by atoms with Gasteiger partial charge in [0.2, 0.25) is 0 Å². The minimum Gasteiger partial charge on any atom is -0.488 e. The first kappa shape index (κ1) is 14.5. The van der Waals surface area contributed by atoms with Crippen LogP contribution in [0.1, 0.15) is 40.0 Å². The predicted octanol–water partition coefficient (Wildman–Crippen LogP) is 3.55. The van der Waals surface area contributed by atoms with Crippen LogP contribution in [0.3, 0.4) is 0 Å². The molecule has 0 unspecified atom stereocenters. The van der Waals surface area contributed by atoms with Crippen LogP contribution in [-0.2, 0) is 4.74 Å². The third-order valence-electron chi connectivity index (χ3n) is 3.00. The molecular weight excluding hydrogens is 256 g/mol. The normalized spacial score (nSPS) is 15.3. The molecule has 1 aliphatic carbocycles. The van der Waals surface area contributed by atoms with Crippen molar-refractivity contribution in [1.82, 2.24) is 0 Å². The van der Waals surface area contributed by atoms with Crippen molar-refractivity contribution >= 4 is 17.5 Å². The van der Waals surface area contributed by atoms with Gasteiger partial charge in [-0.05, 0) is 52.2 Å². The van der Waals surface area contributed by atoms with E-state index >= 15 is 0 Å². The number of hydrogen-bond donors (Lipinski definition) is 2. The number of carbonyl (C=O) groups is 1. The van der Waals surface area contributed by atoms with E-state index in [9.17, 15) is 4.79 Å². The zero-order valence-corrected chi connectivity index (χ0v) is 12.2. The topological polar surface area (TPSA) is 73.6 Å². The molecule has 1 aromatic rings. The summed E-state index contributed by atoms with van der Waals surface area (Å²) in [5.74, 6) is 0.614. The summed E-state index contributed by atoms with van der Waals surface area (Å²) >= 11 is 0. The molecule has 0 heterocycles. The molecule has 0 radical (unpaired) electrons. The number of anilines is 2. The van der Waals surface area contributed by atoms with Gasteiger partial charge in [-0.1, -0.05) is 0 Å². The van der Waals surface area contributed by atoms with Crippen molar-refractivity contribution in [2.75, 3.05) is 11.1 Å². The fraction of sp³-hybridized carbons (Fsp3) is 0.533. The van der Waals surface area contributed by atoms with Crippen molar-refractivity contribution in [2.24, 2.45) is 0 Å². The predicted molar refractivity (Wildman–Crippen MR) is 79.0 cm³/mol. The first-order chi connectivity index (χ1) is 9.33. The quantitative estimate of drug-likeness (QED) is 0.829. The molecule has 1 saturated carbocycles. The Hall–Kier alpha value is -1.91. The van der Waals surface area contributed by atoms with E-state index in [1.54, 1.807) is 18.2 Å². The number of benzene rings is 1. The van der Waals surface area contributed by atoms with Crippen LogP contribution < -0.4 is 15.8 Å². The van der Waals surface area contributed by atoms with Crippen molar-refractivity contribution in [2.45, 2.75) is 51.7 Å². The Morgan fingerprint density at radius 2 is 2.05 bits per heavy atom. The molecule has 1 amide bonds. The Balaban J connectivity index is 2.01. The maximum atomic E-state index is 11.7. The van der Waals surface area contributed by atoms with Gasteiger partial charge in [-0.25, -0.2) is 4.79 Å². The highest BCUT2D eigenvalue weighted by Gasteiger charge is 2.21. The second-order valence-electron chi connectivity index (χ2n) is 6.05. The van der Waals surface area contributed by atoms with Gasteiger partial charge in [-0.2, -0.15) is 0 Å². The van der Waals surface area contributed by atoms with Gasteiger partial charge in [0.05, 0.1) is 11.8 Å². The summed E-state index contributed by atoms with van der Waals surface area (Å²) in [6.45, 7) is 5.46. The molecule has 20 heavy (non-hydrogen) atoms. The number of amides is 1. The summed E-state index contributed by atoms with van der Waals surface area (Å²) < 4.78 is 11.0. The fourth-order valence-electron chi connectivity index (χ4n) is 1.80. The van der Waals surface area contributed by atoms with Crippen LogP contribution in [0.4, 0.5) is 16.2 Å². The van der Waals surface area contributed by atoms with E-state index in [-0.39, 0.29) is 6.10 Å². The standard InChI is InChI=1S/C15H22N2O3/c1-15(2,3)20-14(18)17-10-7-8-12(16)13(9-10)19-11-5-4-6-11/h7-9,11H,4-6,16H2,1-3H3,(H,17,18). The van der Waals surface area contributed by atoms with Crippen LogP contribution in [0.5, 0.6) is 5.75 Å². The van der Waals surface area contributed by atoms with Crippen LogP contribution in [0, 0.1) is 0 Å². The average molecular weight is 278 g/mol. The second kappa shape index (κ2) is 5.61. The van der Waals surface area contributed by atoms with E-state index in [2.05, 4.69) is 5.32 Å². The number of ether oxygens (including phenoxy) is 2. The summed E-state index contributed by atoms with van der Waals surface area (Å²) in [5.41, 5.74) is 6.54. The van der Waals surface area contributed by atoms with Gasteiger partial charge < -0.3 is 15.2 Å². The Morgan fingerprint density at radius 1 is 1.35 bits per heavy atom. The van der Waals surface area contributed by atoms with Crippen LogP contribution in [0.15, 0.2) is 18.2 Å². The first-order valence-corrected chi connectivity index (χ1v) is 6.90. The third kappa shape index (κ3) is 4.05. The van der Waals surface area contributed by atoms with Crippen molar-refractivity contribution in [3.8, 4) is 5.75 Å². The monoisotopic (exact) mass is 278 g/mol. The van der Waals surface area contributed by atoms with E-state index in [0.717, 1.165) is 12.8 Å². The second-order valence-corrected chi connectivity index (χ2v) is 6.05. The van der Waals surface area contributed by atoms with E-state index in [1.165, 1.54) is 6.42 Å². The minimum atomic E-state index is -0.525. The summed E-state index contributed by atoms with van der Waals surface area (Å²) in [4.78, 5) is 11.7. The Bertz CT molecular complexity index is 490. The number of rotatable bonds is 3. The van der Waals surface area contributed by atoms with Crippen LogP contribution in [0.25, 0.3) is 0 Å². The van der Waals surface area contributed by atoms with Gasteiger partial charge in [0.1, 0.15) is 11.4 Å². The summed E-state index contributed by atoms with van der Waals surface area (Å²) in [6, 6.07) is 5.19. The lowest BCUT2D eigenvalue weighted by atomic mass is 9.96. The van der Waals surface area contributed by atoms with Gasteiger partial charge >= 0.3 is 6.09 Å². The molecule has 3 N–H and O–H groups in total. The zero-order chi connectivity index (χ0) is 14.8. The molecule has 1 aromatic carbocycles. The molecule has 0 saturated heterocycles. The molecule has 0 aliphatic heterocycles. The third-order valence-corrected chi connectivity index (χ3v) is 3.00. The number of nitrogens with two attached hydrogens (primary N) is 1. The maximum Gasteiger partial charge on any atom is 0.412 e. The molecule has 0 bridgehead atoms. The van der Waals surface area contributed by atoms with Crippen LogP contribution in [-0.4, -0.2) is 17.8 Å². The van der Waals surface area contributed by atoms with E-state index in [0.29, 0.717) is 17.1 Å². The lowest BCUT2D eigenvalue weighted by Crippen LogP contribution is -2.27. The Kier molecular flexibility index (Phi) is 4.06. The average Bonchev–Trinajstić information content (AvgIpc) is 2.24. The van der Waals surface area contributed by atoms with E-state index in [4.69, 9.17) is 15.2 Å². The van der Waals surface area contributed by atoms with Gasteiger partial charge in [0, 0.05) is 11.8 Å². The van der Waals surface area contributed by atoms with Crippen LogP contribution >= 0.6 is 0 Å². The molecule has 0 aromatic heterocycles. The van der Waals surface area contributed by atoms with Crippen molar-refractivity contribution in [3.63, 3.8) is 0 Å². The molecule has 0 atom stereocenters. The summed E-state index contributed by atoms with van der Waals surface area (Å²) in [6.07, 6.45) is 3.07. The number of nitrogen functional groups attached to an aromatic ring is 1. The molecule has 1 aliphatic rings. The molecule has 5 nitrogen and oxygen atoms in total. The molecule has 1 fully saturated rings.